The molecule has 1 amide bonds. The third kappa shape index (κ3) is 3.67. The minimum absolute atomic E-state index is 0.141. The predicted octanol–water partition coefficient (Wildman–Crippen LogP) is 1.68. The van der Waals surface area contributed by atoms with E-state index in [-0.39, 0.29) is 11.4 Å². The van der Waals surface area contributed by atoms with E-state index in [1.54, 1.807) is 4.90 Å². The molecule has 86 valence electrons. The van der Waals surface area contributed by atoms with Crippen LogP contribution in [-0.2, 0) is 4.79 Å². The van der Waals surface area contributed by atoms with Crippen LogP contribution in [0.2, 0.25) is 0 Å². The van der Waals surface area contributed by atoms with E-state index in [9.17, 15) is 4.79 Å². The van der Waals surface area contributed by atoms with Crippen LogP contribution < -0.4 is 5.73 Å². The highest BCUT2D eigenvalue weighted by atomic mass is 16.2. The summed E-state index contributed by atoms with van der Waals surface area (Å²) in [5.41, 5.74) is 6.93. The minimum atomic E-state index is -0.236. The van der Waals surface area contributed by atoms with Crippen LogP contribution >= 0.6 is 0 Å². The minimum Gasteiger partial charge on any atom is -0.342 e. The first kappa shape index (κ1) is 12.2. The van der Waals surface area contributed by atoms with Gasteiger partial charge in [-0.3, -0.25) is 4.79 Å². The van der Waals surface area contributed by atoms with Crippen molar-refractivity contribution in [2.75, 3.05) is 13.6 Å². The second kappa shape index (κ2) is 4.79. The van der Waals surface area contributed by atoms with E-state index in [0.717, 1.165) is 31.3 Å². The molecule has 0 heterocycles. The Hall–Kier alpha value is -0.830. The Morgan fingerprint density at radius 3 is 2.47 bits per heavy atom. The molecule has 0 atom stereocenters. The number of carbonyl (C=O) groups excluding carboxylic acids is 1. The highest BCUT2D eigenvalue weighted by molar-refractivity contribution is 5.77. The molecule has 1 rings (SSSR count). The van der Waals surface area contributed by atoms with Crippen LogP contribution in [0, 0.1) is 0 Å². The molecule has 3 heteroatoms. The van der Waals surface area contributed by atoms with E-state index in [1.165, 1.54) is 0 Å². The maximum Gasteiger partial charge on any atom is 0.224 e. The third-order valence-electron chi connectivity index (χ3n) is 3.04. The lowest BCUT2D eigenvalue weighted by Crippen LogP contribution is -2.42. The first-order valence-electron chi connectivity index (χ1n) is 5.60. The molecule has 2 N–H and O–H groups in total. The third-order valence-corrected chi connectivity index (χ3v) is 3.04. The van der Waals surface area contributed by atoms with Gasteiger partial charge in [-0.05, 0) is 19.8 Å². The number of nitrogens with zero attached hydrogens (tertiary/aromatic N) is 1. The van der Waals surface area contributed by atoms with Crippen LogP contribution in [0.1, 0.15) is 39.0 Å². The molecule has 0 aromatic heterocycles. The number of hydrogen-bond donors (Lipinski definition) is 1. The Bertz CT molecular complexity index is 254. The molecular weight excluding hydrogens is 188 g/mol. The van der Waals surface area contributed by atoms with Gasteiger partial charge in [-0.1, -0.05) is 25.0 Å². The van der Waals surface area contributed by atoms with Crippen LogP contribution in [0.5, 0.6) is 0 Å². The van der Waals surface area contributed by atoms with Gasteiger partial charge < -0.3 is 10.6 Å². The summed E-state index contributed by atoms with van der Waals surface area (Å²) in [6.07, 6.45) is 4.78. The highest BCUT2D eigenvalue weighted by Crippen LogP contribution is 2.30. The molecule has 0 unspecified atom stereocenters. The second-order valence-electron chi connectivity index (χ2n) is 4.95. The summed E-state index contributed by atoms with van der Waals surface area (Å²) in [6.45, 7) is 6.36. The molecule has 3 nitrogen and oxygen atoms in total. The average molecular weight is 210 g/mol. The largest absolute Gasteiger partial charge is 0.342 e. The topological polar surface area (TPSA) is 46.3 Å². The van der Waals surface area contributed by atoms with Gasteiger partial charge >= 0.3 is 0 Å². The van der Waals surface area contributed by atoms with Crippen molar-refractivity contribution in [3.63, 3.8) is 0 Å². The lowest BCUT2D eigenvalue weighted by molar-refractivity contribution is -0.130. The van der Waals surface area contributed by atoms with Gasteiger partial charge in [0.1, 0.15) is 0 Å². The fraction of sp³-hybridized carbons (Fsp3) is 0.750. The van der Waals surface area contributed by atoms with Crippen molar-refractivity contribution < 1.29 is 4.79 Å². The number of carbonyl (C=O) groups is 1. The predicted molar refractivity (Wildman–Crippen MR) is 62.5 cm³/mol. The molecule has 0 spiro atoms. The first-order chi connectivity index (χ1) is 6.93. The average Bonchev–Trinajstić information content (AvgIpc) is 2.50. The summed E-state index contributed by atoms with van der Waals surface area (Å²) < 4.78 is 0. The van der Waals surface area contributed by atoms with Gasteiger partial charge in [-0.25, -0.2) is 0 Å². The van der Waals surface area contributed by atoms with Gasteiger partial charge in [0.25, 0.3) is 0 Å². The fourth-order valence-electron chi connectivity index (χ4n) is 2.19. The molecule has 0 aromatic rings. The van der Waals surface area contributed by atoms with Crippen molar-refractivity contribution >= 4 is 5.91 Å². The Balaban J connectivity index is 2.43. The zero-order valence-corrected chi connectivity index (χ0v) is 9.88. The molecule has 0 saturated heterocycles. The number of likely N-dealkylation sites (N-methyl/N-ethyl adjacent to an activating group) is 1. The monoisotopic (exact) mass is 210 g/mol. The van der Waals surface area contributed by atoms with Crippen molar-refractivity contribution in [2.24, 2.45) is 5.73 Å². The summed E-state index contributed by atoms with van der Waals surface area (Å²) in [5, 5.41) is 0. The van der Waals surface area contributed by atoms with Crippen molar-refractivity contribution in [1.29, 1.82) is 0 Å². The van der Waals surface area contributed by atoms with Crippen molar-refractivity contribution in [2.45, 2.75) is 44.6 Å². The normalized spacial score (nSPS) is 18.9. The van der Waals surface area contributed by atoms with Crippen LogP contribution in [0.3, 0.4) is 0 Å². The summed E-state index contributed by atoms with van der Waals surface area (Å²) >= 11 is 0. The van der Waals surface area contributed by atoms with Crippen molar-refractivity contribution in [3.8, 4) is 0 Å². The Morgan fingerprint density at radius 2 is 2.00 bits per heavy atom. The molecule has 0 radical (unpaired) electrons. The molecule has 0 aromatic carbocycles. The molecule has 1 saturated carbocycles. The molecular formula is C12H22N2O. The van der Waals surface area contributed by atoms with E-state index in [0.29, 0.717) is 13.0 Å². The molecule has 0 bridgehead atoms. The zero-order chi connectivity index (χ0) is 11.5. The van der Waals surface area contributed by atoms with E-state index in [2.05, 4.69) is 6.58 Å². The number of hydrogen-bond acceptors (Lipinski definition) is 2. The Morgan fingerprint density at radius 1 is 1.47 bits per heavy atom. The van der Waals surface area contributed by atoms with Crippen LogP contribution in [0.25, 0.3) is 0 Å². The number of nitrogens with two attached hydrogens (primary N) is 1. The van der Waals surface area contributed by atoms with Gasteiger partial charge in [-0.15, -0.1) is 0 Å². The molecule has 1 aliphatic rings. The standard InChI is InChI=1S/C12H22N2O/c1-10(2)9-14(3)11(15)8-12(13)6-4-5-7-12/h1,4-9,13H2,2-3H3. The Kier molecular flexibility index (Phi) is 3.91. The van der Waals surface area contributed by atoms with Gasteiger partial charge in [0.2, 0.25) is 5.91 Å². The Labute approximate surface area is 92.3 Å². The summed E-state index contributed by atoms with van der Waals surface area (Å²) in [7, 11) is 1.81. The maximum atomic E-state index is 11.8. The molecule has 1 fully saturated rings. The van der Waals surface area contributed by atoms with Crippen LogP contribution in [-0.4, -0.2) is 29.9 Å². The lowest BCUT2D eigenvalue weighted by atomic mass is 9.94. The fourth-order valence-corrected chi connectivity index (χ4v) is 2.19. The van der Waals surface area contributed by atoms with E-state index >= 15 is 0 Å². The van der Waals surface area contributed by atoms with Gasteiger partial charge in [0.05, 0.1) is 0 Å². The number of amides is 1. The highest BCUT2D eigenvalue weighted by Gasteiger charge is 2.32. The number of rotatable bonds is 4. The summed E-state index contributed by atoms with van der Waals surface area (Å²) in [4.78, 5) is 13.6. The van der Waals surface area contributed by atoms with Crippen molar-refractivity contribution in [3.05, 3.63) is 12.2 Å². The smallest absolute Gasteiger partial charge is 0.224 e. The van der Waals surface area contributed by atoms with Crippen LogP contribution in [0.15, 0.2) is 12.2 Å². The van der Waals surface area contributed by atoms with E-state index < -0.39 is 0 Å². The quantitative estimate of drug-likeness (QED) is 0.718. The second-order valence-corrected chi connectivity index (χ2v) is 4.95. The lowest BCUT2D eigenvalue weighted by Gasteiger charge is -2.26. The first-order valence-corrected chi connectivity index (χ1v) is 5.60. The SMILES string of the molecule is C=C(C)CN(C)C(=O)CC1(N)CCCC1. The van der Waals surface area contributed by atoms with E-state index in [1.807, 2.05) is 14.0 Å². The van der Waals surface area contributed by atoms with Gasteiger partial charge in [0.15, 0.2) is 0 Å². The molecule has 1 aliphatic carbocycles. The van der Waals surface area contributed by atoms with E-state index in [4.69, 9.17) is 5.73 Å². The summed E-state index contributed by atoms with van der Waals surface area (Å²) in [6, 6.07) is 0. The van der Waals surface area contributed by atoms with Gasteiger partial charge in [0, 0.05) is 25.6 Å². The molecule has 15 heavy (non-hydrogen) atoms. The molecule has 0 aliphatic heterocycles. The van der Waals surface area contributed by atoms with Gasteiger partial charge in [-0.2, -0.15) is 0 Å². The zero-order valence-electron chi connectivity index (χ0n) is 9.88. The van der Waals surface area contributed by atoms with Crippen molar-refractivity contribution in [1.82, 2.24) is 4.90 Å². The van der Waals surface area contributed by atoms with Crippen LogP contribution in [0.4, 0.5) is 0 Å². The maximum absolute atomic E-state index is 11.8. The summed E-state index contributed by atoms with van der Waals surface area (Å²) in [5.74, 6) is 0.141.